The number of hydrogen-bond donors (Lipinski definition) is 0. The second kappa shape index (κ2) is 46.2. The lowest BCUT2D eigenvalue weighted by atomic mass is 10.0. The van der Waals surface area contributed by atoms with Gasteiger partial charge in [-0.15, -0.1) is 0 Å². The summed E-state index contributed by atoms with van der Waals surface area (Å²) in [4.78, 5) is 0. The lowest BCUT2D eigenvalue weighted by Gasteiger charge is -2.15. The van der Waals surface area contributed by atoms with Gasteiger partial charge in [-0.05, 0) is 0 Å². The molecule has 0 spiro atoms. The van der Waals surface area contributed by atoms with Crippen molar-refractivity contribution >= 4 is 8.80 Å². The molecule has 0 aliphatic heterocycles. The Kier molecular flexibility index (Phi) is 46.4. The zero-order valence-corrected chi connectivity index (χ0v) is 36.3. The number of hydrogen-bond acceptors (Lipinski definition) is 0. The van der Waals surface area contributed by atoms with Crippen LogP contribution in [-0.4, -0.2) is 8.80 Å². The first-order valence-corrected chi connectivity index (χ1v) is 26.3. The number of rotatable bonds is 45. The number of unbranched alkanes of at least 4 members (excludes halogenated alkanes) is 39. The molecule has 0 bridgehead atoms. The predicted molar refractivity (Wildman–Crippen MR) is 231 cm³/mol. The third-order valence-electron chi connectivity index (χ3n) is 11.7. The normalized spacial score (nSPS) is 11.8. The summed E-state index contributed by atoms with van der Waals surface area (Å²) in [6.07, 6.45) is 62.6. The van der Waals surface area contributed by atoms with Gasteiger partial charge in [-0.25, -0.2) is 0 Å². The summed E-state index contributed by atoms with van der Waals surface area (Å²) in [5.74, 6) is 0. The molecule has 0 heterocycles. The fourth-order valence-corrected chi connectivity index (χ4v) is 11.1. The molecule has 0 aromatic rings. The van der Waals surface area contributed by atoms with Gasteiger partial charge in [0.2, 0.25) is 0 Å². The highest BCUT2D eigenvalue weighted by Gasteiger charge is 2.11. The quantitative estimate of drug-likeness (QED) is 0.0437. The Balaban J connectivity index is 3.93. The molecule has 0 atom stereocenters. The topological polar surface area (TPSA) is 0 Å². The van der Waals surface area contributed by atoms with Crippen LogP contribution in [0.4, 0.5) is 0 Å². The van der Waals surface area contributed by atoms with E-state index >= 15 is 0 Å². The summed E-state index contributed by atoms with van der Waals surface area (Å²) < 4.78 is 0. The van der Waals surface area contributed by atoms with Gasteiger partial charge in [0.25, 0.3) is 0 Å². The van der Waals surface area contributed by atoms with Crippen LogP contribution in [0.2, 0.25) is 18.1 Å². The third-order valence-corrected chi connectivity index (χ3v) is 14.8. The van der Waals surface area contributed by atoms with Crippen LogP contribution >= 0.6 is 0 Å². The zero-order chi connectivity index (χ0) is 35.4. The van der Waals surface area contributed by atoms with Gasteiger partial charge in [-0.3, -0.25) is 0 Å². The van der Waals surface area contributed by atoms with Crippen LogP contribution in [0, 0.1) is 0 Å². The van der Waals surface area contributed by atoms with Crippen LogP contribution in [0.1, 0.15) is 290 Å². The highest BCUT2D eigenvalue weighted by molar-refractivity contribution is 6.58. The van der Waals surface area contributed by atoms with E-state index in [4.69, 9.17) is 0 Å². The Morgan fingerprint density at radius 2 is 0.286 bits per heavy atom. The largest absolute Gasteiger partial charge is 0.0654 e. The van der Waals surface area contributed by atoms with E-state index in [9.17, 15) is 0 Å². The molecule has 0 fully saturated rings. The third kappa shape index (κ3) is 44.3. The van der Waals surface area contributed by atoms with E-state index < -0.39 is 0 Å². The van der Waals surface area contributed by atoms with Crippen molar-refractivity contribution in [3.63, 3.8) is 0 Å². The SMILES string of the molecule is CCCCCCCCCCCCCCCC[Si](CCCCCCCCCCCCCCCC)CCCCCCCCCCCCCCCC. The van der Waals surface area contributed by atoms with Crippen molar-refractivity contribution in [3.05, 3.63) is 0 Å². The van der Waals surface area contributed by atoms with Crippen molar-refractivity contribution in [1.82, 2.24) is 0 Å². The molecule has 0 N–H and O–H groups in total. The molecule has 0 aromatic carbocycles. The van der Waals surface area contributed by atoms with Crippen molar-refractivity contribution < 1.29 is 0 Å². The summed E-state index contributed by atoms with van der Waals surface area (Å²) in [6, 6.07) is 4.92. The molecule has 0 aliphatic carbocycles. The van der Waals surface area contributed by atoms with Crippen LogP contribution in [0.25, 0.3) is 0 Å². The molecule has 0 aliphatic rings. The zero-order valence-electron chi connectivity index (χ0n) is 35.3. The lowest BCUT2D eigenvalue weighted by Crippen LogP contribution is -2.12. The molecule has 0 unspecified atom stereocenters. The first-order chi connectivity index (χ1) is 24.3. The summed E-state index contributed by atoms with van der Waals surface area (Å²) in [6.45, 7) is 6.97. The molecule has 0 amide bonds. The van der Waals surface area contributed by atoms with Gasteiger partial charge in [0.1, 0.15) is 0 Å². The standard InChI is InChI=1S/C48H99Si/c1-4-7-10-13-16-19-22-25-28-31-34-37-40-43-46-49(47-44-41-38-35-32-29-26-23-20-17-14-11-8-5-2)48-45-42-39-36-33-30-27-24-21-18-15-12-9-6-3/h4-48H2,1-3H3. The maximum Gasteiger partial charge on any atom is 0.0479 e. The molecule has 49 heavy (non-hydrogen) atoms. The van der Waals surface area contributed by atoms with E-state index in [1.54, 1.807) is 37.4 Å². The molecule has 0 aromatic heterocycles. The van der Waals surface area contributed by atoms with Gasteiger partial charge in [0, 0.05) is 8.80 Å². The second-order valence-corrected chi connectivity index (χ2v) is 19.8. The molecule has 1 radical (unpaired) electrons. The summed E-state index contributed by atoms with van der Waals surface area (Å²) in [5, 5.41) is 0. The van der Waals surface area contributed by atoms with Crippen molar-refractivity contribution in [2.24, 2.45) is 0 Å². The van der Waals surface area contributed by atoms with Gasteiger partial charge in [0.05, 0.1) is 0 Å². The van der Waals surface area contributed by atoms with Gasteiger partial charge < -0.3 is 0 Å². The molecule has 295 valence electrons. The van der Waals surface area contributed by atoms with Crippen LogP contribution in [0.3, 0.4) is 0 Å². The Bertz CT molecular complexity index is 467. The molecule has 0 nitrogen and oxygen atoms in total. The van der Waals surface area contributed by atoms with Gasteiger partial charge in [-0.1, -0.05) is 309 Å². The van der Waals surface area contributed by atoms with Crippen LogP contribution in [-0.2, 0) is 0 Å². The molecule has 0 saturated carbocycles. The molecule has 0 saturated heterocycles. The first kappa shape index (κ1) is 49.2. The fourth-order valence-electron chi connectivity index (χ4n) is 8.08. The maximum atomic E-state index is 2.32. The van der Waals surface area contributed by atoms with Gasteiger partial charge in [0.15, 0.2) is 0 Å². The van der Waals surface area contributed by atoms with Gasteiger partial charge >= 0.3 is 0 Å². The summed E-state index contributed by atoms with van der Waals surface area (Å²) in [5.41, 5.74) is 0. The minimum atomic E-state index is -0.0916. The molecular formula is C48H99Si. The van der Waals surface area contributed by atoms with Crippen molar-refractivity contribution in [3.8, 4) is 0 Å². The maximum absolute atomic E-state index is 2.32. The van der Waals surface area contributed by atoms with E-state index in [0.717, 1.165) is 0 Å². The smallest absolute Gasteiger partial charge is 0.0479 e. The Morgan fingerprint density at radius 1 is 0.163 bits per heavy atom. The predicted octanol–water partition coefficient (Wildman–Crippen LogP) is 18.9. The Morgan fingerprint density at radius 3 is 0.429 bits per heavy atom. The average molecular weight is 704 g/mol. The fraction of sp³-hybridized carbons (Fsp3) is 1.00. The highest BCUT2D eigenvalue weighted by Crippen LogP contribution is 2.22. The Hall–Kier alpha value is 0.217. The van der Waals surface area contributed by atoms with Crippen molar-refractivity contribution in [1.29, 1.82) is 0 Å². The van der Waals surface area contributed by atoms with E-state index in [1.165, 1.54) is 250 Å². The first-order valence-electron chi connectivity index (χ1n) is 24.2. The molecular weight excluding hydrogens is 605 g/mol. The van der Waals surface area contributed by atoms with Crippen molar-refractivity contribution in [2.45, 2.75) is 309 Å². The van der Waals surface area contributed by atoms with E-state index in [-0.39, 0.29) is 8.80 Å². The van der Waals surface area contributed by atoms with Crippen molar-refractivity contribution in [2.75, 3.05) is 0 Å². The lowest BCUT2D eigenvalue weighted by molar-refractivity contribution is 0.536. The summed E-state index contributed by atoms with van der Waals surface area (Å²) in [7, 11) is -0.0916. The minimum absolute atomic E-state index is 0.0916. The van der Waals surface area contributed by atoms with E-state index in [0.29, 0.717) is 0 Å². The monoisotopic (exact) mass is 704 g/mol. The minimum Gasteiger partial charge on any atom is -0.0654 e. The van der Waals surface area contributed by atoms with E-state index in [2.05, 4.69) is 20.8 Å². The van der Waals surface area contributed by atoms with Crippen LogP contribution in [0.15, 0.2) is 0 Å². The summed E-state index contributed by atoms with van der Waals surface area (Å²) >= 11 is 0. The van der Waals surface area contributed by atoms with Crippen LogP contribution < -0.4 is 0 Å². The van der Waals surface area contributed by atoms with E-state index in [1.807, 2.05) is 0 Å². The Labute approximate surface area is 316 Å². The molecule has 1 heteroatoms. The van der Waals surface area contributed by atoms with Gasteiger partial charge in [-0.2, -0.15) is 0 Å². The highest BCUT2D eigenvalue weighted by atomic mass is 28.3. The van der Waals surface area contributed by atoms with Crippen LogP contribution in [0.5, 0.6) is 0 Å². The molecule has 0 rings (SSSR count). The average Bonchev–Trinajstić information content (AvgIpc) is 3.11. The second-order valence-electron chi connectivity index (χ2n) is 16.8.